The quantitative estimate of drug-likeness (QED) is 0.320. The minimum absolute atomic E-state index is 1.35. The van der Waals surface area contributed by atoms with E-state index in [0.29, 0.717) is 0 Å². The summed E-state index contributed by atoms with van der Waals surface area (Å²) in [6.45, 7) is 0. The number of hydrogen-bond acceptors (Lipinski definition) is 2. The minimum Gasteiger partial charge on any atom is -0.368 e. The van der Waals surface area contributed by atoms with Crippen LogP contribution in [-0.4, -0.2) is 4.98 Å². The van der Waals surface area contributed by atoms with E-state index in [1.165, 1.54) is 20.2 Å². The topological polar surface area (TPSA) is 15.8 Å². The van der Waals surface area contributed by atoms with Crippen LogP contribution in [0.1, 0.15) is 0 Å². The smallest absolute Gasteiger partial charge is 0.0342 e. The highest BCUT2D eigenvalue weighted by atomic mass is 32.1. The molecule has 0 aliphatic rings. The van der Waals surface area contributed by atoms with E-state index < -0.39 is 0 Å². The number of rotatable bonds is 0. The van der Waals surface area contributed by atoms with Crippen molar-refractivity contribution in [1.29, 1.82) is 0 Å². The molecule has 0 fully saturated rings. The van der Waals surface area contributed by atoms with Crippen LogP contribution in [0.2, 0.25) is 0 Å². The molecule has 0 amide bonds. The SMILES string of the molecule is c1cc[nH]c1.c1ccc2sccc2c1.c1ccc2sccc2c1. The van der Waals surface area contributed by atoms with Crippen LogP contribution in [-0.2, 0) is 0 Å². The van der Waals surface area contributed by atoms with Gasteiger partial charge in [-0.3, -0.25) is 0 Å². The summed E-state index contributed by atoms with van der Waals surface area (Å²) in [4.78, 5) is 2.86. The summed E-state index contributed by atoms with van der Waals surface area (Å²) in [7, 11) is 0. The first-order valence-corrected chi connectivity index (χ1v) is 9.12. The monoisotopic (exact) mass is 335 g/mol. The highest BCUT2D eigenvalue weighted by Crippen LogP contribution is 2.19. The van der Waals surface area contributed by atoms with E-state index in [2.05, 4.69) is 76.4 Å². The molecule has 1 N–H and O–H groups in total. The molecule has 5 rings (SSSR count). The van der Waals surface area contributed by atoms with Crippen molar-refractivity contribution in [3.05, 3.63) is 96.0 Å². The van der Waals surface area contributed by atoms with Gasteiger partial charge in [0.05, 0.1) is 0 Å². The minimum atomic E-state index is 1.35. The first kappa shape index (κ1) is 15.5. The van der Waals surface area contributed by atoms with Crippen LogP contribution in [0.15, 0.2) is 96.0 Å². The van der Waals surface area contributed by atoms with E-state index in [1.807, 2.05) is 24.5 Å². The van der Waals surface area contributed by atoms with E-state index in [1.54, 1.807) is 22.7 Å². The third-order valence-corrected chi connectivity index (χ3v) is 5.02. The van der Waals surface area contributed by atoms with Crippen LogP contribution >= 0.6 is 22.7 Å². The lowest BCUT2D eigenvalue weighted by atomic mass is 10.3. The fourth-order valence-corrected chi connectivity index (χ4v) is 3.67. The van der Waals surface area contributed by atoms with Crippen molar-refractivity contribution in [3.63, 3.8) is 0 Å². The predicted octanol–water partition coefficient (Wildman–Crippen LogP) is 6.82. The molecule has 0 aliphatic heterocycles. The molecule has 0 radical (unpaired) electrons. The Morgan fingerprint density at radius 1 is 0.522 bits per heavy atom. The fourth-order valence-electron chi connectivity index (χ4n) is 2.09. The average Bonchev–Trinajstić information content (AvgIpc) is 3.37. The van der Waals surface area contributed by atoms with Crippen molar-refractivity contribution in [2.45, 2.75) is 0 Å². The fraction of sp³-hybridized carbons (Fsp3) is 0. The van der Waals surface area contributed by atoms with Gasteiger partial charge in [-0.2, -0.15) is 0 Å². The molecule has 0 bridgehead atoms. The molecule has 0 saturated carbocycles. The summed E-state index contributed by atoms with van der Waals surface area (Å²) in [6.07, 6.45) is 3.75. The average molecular weight is 335 g/mol. The molecule has 114 valence electrons. The van der Waals surface area contributed by atoms with Gasteiger partial charge in [-0.25, -0.2) is 0 Å². The van der Waals surface area contributed by atoms with Crippen molar-refractivity contribution in [2.24, 2.45) is 0 Å². The number of fused-ring (bicyclic) bond motifs is 2. The largest absolute Gasteiger partial charge is 0.368 e. The third kappa shape index (κ3) is 4.55. The maximum Gasteiger partial charge on any atom is 0.0342 e. The molecule has 0 aliphatic carbocycles. The zero-order valence-electron chi connectivity index (χ0n) is 12.6. The second-order valence-corrected chi connectivity index (χ2v) is 6.70. The van der Waals surface area contributed by atoms with Gasteiger partial charge in [-0.05, 0) is 57.9 Å². The lowest BCUT2D eigenvalue weighted by molar-refractivity contribution is 1.42. The Morgan fingerprint density at radius 3 is 1.39 bits per heavy atom. The van der Waals surface area contributed by atoms with E-state index in [-0.39, 0.29) is 0 Å². The molecule has 0 atom stereocenters. The molecule has 2 aromatic carbocycles. The number of hydrogen-bond donors (Lipinski definition) is 1. The van der Waals surface area contributed by atoms with Gasteiger partial charge >= 0.3 is 0 Å². The number of aromatic amines is 1. The molecular formula is C20H17NS2. The van der Waals surface area contributed by atoms with Crippen LogP contribution in [0, 0.1) is 0 Å². The summed E-state index contributed by atoms with van der Waals surface area (Å²) in [5.41, 5.74) is 0. The van der Waals surface area contributed by atoms with Gasteiger partial charge in [0, 0.05) is 21.8 Å². The van der Waals surface area contributed by atoms with Gasteiger partial charge in [0.15, 0.2) is 0 Å². The lowest BCUT2D eigenvalue weighted by Crippen LogP contribution is -1.56. The molecule has 0 saturated heterocycles. The standard InChI is InChI=1S/2C8H6S.C4H5N/c2*1-2-4-8-7(3-1)5-6-9-8;1-2-4-5-3-1/h2*1-6H;1-5H. The zero-order valence-corrected chi connectivity index (χ0v) is 14.2. The summed E-state index contributed by atoms with van der Waals surface area (Å²) >= 11 is 3.57. The number of nitrogens with one attached hydrogen (secondary N) is 1. The Hall–Kier alpha value is -2.36. The molecule has 5 aromatic rings. The normalized spacial score (nSPS) is 9.74. The Morgan fingerprint density at radius 2 is 1.00 bits per heavy atom. The third-order valence-electron chi connectivity index (χ3n) is 3.22. The molecule has 0 unspecified atom stereocenters. The van der Waals surface area contributed by atoms with E-state index in [0.717, 1.165) is 0 Å². The van der Waals surface area contributed by atoms with Crippen molar-refractivity contribution >= 4 is 42.8 Å². The summed E-state index contributed by atoms with van der Waals surface area (Å²) in [6, 6.07) is 25.0. The second kappa shape index (κ2) is 8.32. The van der Waals surface area contributed by atoms with Crippen LogP contribution in [0.25, 0.3) is 20.2 Å². The van der Waals surface area contributed by atoms with Crippen LogP contribution in [0.5, 0.6) is 0 Å². The first-order valence-electron chi connectivity index (χ1n) is 7.36. The number of thiophene rings is 2. The highest BCUT2D eigenvalue weighted by molar-refractivity contribution is 7.17. The second-order valence-electron chi connectivity index (χ2n) is 4.80. The van der Waals surface area contributed by atoms with Gasteiger partial charge in [-0.15, -0.1) is 22.7 Å². The van der Waals surface area contributed by atoms with Gasteiger partial charge in [-0.1, -0.05) is 36.4 Å². The maximum atomic E-state index is 2.86. The Labute approximate surface area is 143 Å². The molecule has 0 spiro atoms. The number of H-pyrrole nitrogens is 1. The van der Waals surface area contributed by atoms with Crippen molar-refractivity contribution in [3.8, 4) is 0 Å². The van der Waals surface area contributed by atoms with E-state index in [4.69, 9.17) is 0 Å². The van der Waals surface area contributed by atoms with E-state index >= 15 is 0 Å². The molecule has 23 heavy (non-hydrogen) atoms. The highest BCUT2D eigenvalue weighted by Gasteiger charge is 1.88. The predicted molar refractivity (Wildman–Crippen MR) is 104 cm³/mol. The molecule has 3 heteroatoms. The Balaban J connectivity index is 0.000000107. The van der Waals surface area contributed by atoms with Crippen molar-refractivity contribution < 1.29 is 0 Å². The van der Waals surface area contributed by atoms with Crippen LogP contribution in [0.4, 0.5) is 0 Å². The summed E-state index contributed by atoms with van der Waals surface area (Å²) in [5, 5.41) is 6.93. The molecule has 1 nitrogen and oxygen atoms in total. The number of benzene rings is 2. The molecule has 3 heterocycles. The van der Waals surface area contributed by atoms with Gasteiger partial charge < -0.3 is 4.98 Å². The Bertz CT molecular complexity index is 789. The Kier molecular flexibility index (Phi) is 5.62. The van der Waals surface area contributed by atoms with Crippen molar-refractivity contribution in [1.82, 2.24) is 4.98 Å². The van der Waals surface area contributed by atoms with Gasteiger partial charge in [0.1, 0.15) is 0 Å². The summed E-state index contributed by atoms with van der Waals surface area (Å²) < 4.78 is 2.75. The first-order chi connectivity index (χ1) is 11.4. The lowest BCUT2D eigenvalue weighted by Gasteiger charge is -1.82. The maximum absolute atomic E-state index is 2.86. The zero-order chi connectivity index (χ0) is 15.7. The van der Waals surface area contributed by atoms with Crippen molar-refractivity contribution in [2.75, 3.05) is 0 Å². The molecular weight excluding hydrogens is 318 g/mol. The number of aromatic nitrogens is 1. The van der Waals surface area contributed by atoms with Crippen LogP contribution < -0.4 is 0 Å². The van der Waals surface area contributed by atoms with Gasteiger partial charge in [0.2, 0.25) is 0 Å². The molecule has 3 aromatic heterocycles. The van der Waals surface area contributed by atoms with Crippen LogP contribution in [0.3, 0.4) is 0 Å². The van der Waals surface area contributed by atoms with E-state index in [9.17, 15) is 0 Å². The summed E-state index contributed by atoms with van der Waals surface area (Å²) in [5.74, 6) is 0. The van der Waals surface area contributed by atoms with Gasteiger partial charge in [0.25, 0.3) is 0 Å².